The van der Waals surface area contributed by atoms with Gasteiger partial charge in [0.1, 0.15) is 5.65 Å². The van der Waals surface area contributed by atoms with Gasteiger partial charge in [0, 0.05) is 34.8 Å². The van der Waals surface area contributed by atoms with Crippen molar-refractivity contribution in [1.82, 2.24) is 15.3 Å². The second-order valence-corrected chi connectivity index (χ2v) is 6.40. The third-order valence-corrected chi connectivity index (χ3v) is 4.54. The summed E-state index contributed by atoms with van der Waals surface area (Å²) >= 11 is 6.02. The molecule has 0 radical (unpaired) electrons. The van der Waals surface area contributed by atoms with E-state index in [4.69, 9.17) is 11.6 Å². The first-order valence-electron chi connectivity index (χ1n) is 7.66. The van der Waals surface area contributed by atoms with Gasteiger partial charge in [0.2, 0.25) is 5.91 Å². The third-order valence-electron chi connectivity index (χ3n) is 4.30. The lowest BCUT2D eigenvalue weighted by Crippen LogP contribution is -2.28. The molecule has 2 atom stereocenters. The van der Waals surface area contributed by atoms with Gasteiger partial charge in [0.15, 0.2) is 0 Å². The standard InChI is InChI=1S/C18H16ClN3O/c19-13-4-1-3-11(7-13)15-9-16(15)22-17(23)8-12-10-21-18-14(12)5-2-6-20-18/h1-7,10,15-16H,8-9H2,(H,20,21)(H,22,23)/t15-,16+/m1/s1. The molecule has 5 heteroatoms. The van der Waals surface area contributed by atoms with E-state index < -0.39 is 0 Å². The molecule has 0 unspecified atom stereocenters. The Labute approximate surface area is 138 Å². The molecule has 2 heterocycles. The molecule has 4 rings (SSSR count). The molecule has 1 aromatic carbocycles. The van der Waals surface area contributed by atoms with Crippen LogP contribution in [-0.2, 0) is 11.2 Å². The summed E-state index contributed by atoms with van der Waals surface area (Å²) in [5.74, 6) is 0.423. The number of hydrogen-bond donors (Lipinski definition) is 2. The summed E-state index contributed by atoms with van der Waals surface area (Å²) in [5, 5.41) is 4.85. The Balaban J connectivity index is 1.40. The number of nitrogens with zero attached hydrogens (tertiary/aromatic N) is 1. The Morgan fingerprint density at radius 3 is 3.13 bits per heavy atom. The first-order chi connectivity index (χ1) is 11.2. The zero-order valence-electron chi connectivity index (χ0n) is 12.4. The smallest absolute Gasteiger partial charge is 0.224 e. The van der Waals surface area contributed by atoms with E-state index in [-0.39, 0.29) is 11.9 Å². The van der Waals surface area contributed by atoms with E-state index in [9.17, 15) is 4.79 Å². The van der Waals surface area contributed by atoms with E-state index in [0.717, 1.165) is 28.0 Å². The van der Waals surface area contributed by atoms with E-state index in [0.29, 0.717) is 12.3 Å². The fraction of sp³-hybridized carbons (Fsp3) is 0.222. The number of amides is 1. The predicted octanol–water partition coefficient (Wildman–Crippen LogP) is 3.43. The molecule has 0 aliphatic heterocycles. The van der Waals surface area contributed by atoms with Crippen molar-refractivity contribution in [3.8, 4) is 0 Å². The minimum Gasteiger partial charge on any atom is -0.352 e. The van der Waals surface area contributed by atoms with Crippen LogP contribution in [0, 0.1) is 0 Å². The lowest BCUT2D eigenvalue weighted by Gasteiger charge is -2.05. The van der Waals surface area contributed by atoms with Crippen LogP contribution in [0.1, 0.15) is 23.5 Å². The van der Waals surface area contributed by atoms with Crippen LogP contribution in [-0.4, -0.2) is 21.9 Å². The maximum Gasteiger partial charge on any atom is 0.224 e. The molecule has 4 nitrogen and oxygen atoms in total. The molecule has 0 saturated heterocycles. The number of carbonyl (C=O) groups excluding carboxylic acids is 1. The number of aromatic amines is 1. The van der Waals surface area contributed by atoms with Crippen molar-refractivity contribution in [3.05, 3.63) is 64.9 Å². The second kappa shape index (κ2) is 5.70. The highest BCUT2D eigenvalue weighted by atomic mass is 35.5. The highest BCUT2D eigenvalue weighted by Crippen LogP contribution is 2.41. The largest absolute Gasteiger partial charge is 0.352 e. The molecule has 2 N–H and O–H groups in total. The number of nitrogens with one attached hydrogen (secondary N) is 2. The second-order valence-electron chi connectivity index (χ2n) is 5.96. The number of benzene rings is 1. The first-order valence-corrected chi connectivity index (χ1v) is 8.04. The Morgan fingerprint density at radius 2 is 2.26 bits per heavy atom. The molecule has 1 amide bonds. The van der Waals surface area contributed by atoms with E-state index in [1.807, 2.05) is 36.5 Å². The van der Waals surface area contributed by atoms with E-state index in [2.05, 4.69) is 21.4 Å². The van der Waals surface area contributed by atoms with E-state index >= 15 is 0 Å². The summed E-state index contributed by atoms with van der Waals surface area (Å²) in [4.78, 5) is 19.6. The Kier molecular flexibility index (Phi) is 3.54. The number of rotatable bonds is 4. The van der Waals surface area contributed by atoms with Crippen LogP contribution in [0.25, 0.3) is 11.0 Å². The molecule has 3 aromatic rings. The van der Waals surface area contributed by atoms with Crippen molar-refractivity contribution in [2.24, 2.45) is 0 Å². The van der Waals surface area contributed by atoms with Crippen LogP contribution < -0.4 is 5.32 Å². The van der Waals surface area contributed by atoms with Crippen molar-refractivity contribution in [2.75, 3.05) is 0 Å². The van der Waals surface area contributed by atoms with Gasteiger partial charge >= 0.3 is 0 Å². The average molecular weight is 326 g/mol. The van der Waals surface area contributed by atoms with Crippen LogP contribution in [0.15, 0.2) is 48.8 Å². The minimum atomic E-state index is 0.0456. The molecule has 1 saturated carbocycles. The Hall–Kier alpha value is -2.33. The van der Waals surface area contributed by atoms with Gasteiger partial charge in [-0.2, -0.15) is 0 Å². The van der Waals surface area contributed by atoms with Gasteiger partial charge in [0.05, 0.1) is 6.42 Å². The monoisotopic (exact) mass is 325 g/mol. The summed E-state index contributed by atoms with van der Waals surface area (Å²) < 4.78 is 0. The predicted molar refractivity (Wildman–Crippen MR) is 90.5 cm³/mol. The lowest BCUT2D eigenvalue weighted by molar-refractivity contribution is -0.120. The Morgan fingerprint density at radius 1 is 1.35 bits per heavy atom. The number of carbonyl (C=O) groups is 1. The molecule has 116 valence electrons. The maximum atomic E-state index is 12.3. The van der Waals surface area contributed by atoms with Crippen LogP contribution in [0.2, 0.25) is 5.02 Å². The molecule has 23 heavy (non-hydrogen) atoms. The van der Waals surface area contributed by atoms with Gasteiger partial charge in [-0.05, 0) is 41.8 Å². The summed E-state index contributed by atoms with van der Waals surface area (Å²) in [7, 11) is 0. The minimum absolute atomic E-state index is 0.0456. The van der Waals surface area contributed by atoms with Crippen LogP contribution in [0.4, 0.5) is 0 Å². The molecule has 0 bridgehead atoms. The van der Waals surface area contributed by atoms with Gasteiger partial charge in [0.25, 0.3) is 0 Å². The first kappa shape index (κ1) is 14.3. The van der Waals surface area contributed by atoms with Gasteiger partial charge in [-0.25, -0.2) is 4.98 Å². The van der Waals surface area contributed by atoms with Crippen molar-refractivity contribution in [3.63, 3.8) is 0 Å². The van der Waals surface area contributed by atoms with Crippen molar-refractivity contribution in [1.29, 1.82) is 0 Å². The fourth-order valence-corrected chi connectivity index (χ4v) is 3.25. The van der Waals surface area contributed by atoms with Gasteiger partial charge < -0.3 is 10.3 Å². The summed E-state index contributed by atoms with van der Waals surface area (Å²) in [6.07, 6.45) is 4.94. The van der Waals surface area contributed by atoms with E-state index in [1.54, 1.807) is 6.20 Å². The number of pyridine rings is 1. The fourth-order valence-electron chi connectivity index (χ4n) is 3.05. The SMILES string of the molecule is O=C(Cc1c[nH]c2ncccc12)N[C@H]1C[C@@H]1c1cccc(Cl)c1. The van der Waals surface area contributed by atoms with Crippen molar-refractivity contribution >= 4 is 28.5 Å². The highest BCUT2D eigenvalue weighted by Gasteiger charge is 2.39. The zero-order chi connectivity index (χ0) is 15.8. The highest BCUT2D eigenvalue weighted by molar-refractivity contribution is 6.30. The molecular formula is C18H16ClN3O. The van der Waals surface area contributed by atoms with Gasteiger partial charge in [-0.1, -0.05) is 23.7 Å². The number of hydrogen-bond acceptors (Lipinski definition) is 2. The molecule has 1 aliphatic carbocycles. The summed E-state index contributed by atoms with van der Waals surface area (Å²) in [6, 6.07) is 11.9. The number of halogens is 1. The summed E-state index contributed by atoms with van der Waals surface area (Å²) in [6.45, 7) is 0. The number of fused-ring (bicyclic) bond motifs is 1. The topological polar surface area (TPSA) is 57.8 Å². The summed E-state index contributed by atoms with van der Waals surface area (Å²) in [5.41, 5.74) is 2.99. The molecule has 2 aromatic heterocycles. The normalized spacial score (nSPS) is 19.7. The Bertz CT molecular complexity index is 873. The van der Waals surface area contributed by atoms with E-state index in [1.165, 1.54) is 5.56 Å². The number of aromatic nitrogens is 2. The molecule has 0 spiro atoms. The average Bonchev–Trinajstić information content (AvgIpc) is 3.19. The quantitative estimate of drug-likeness (QED) is 0.772. The maximum absolute atomic E-state index is 12.3. The van der Waals surface area contributed by atoms with Crippen LogP contribution in [0.3, 0.4) is 0 Å². The third kappa shape index (κ3) is 2.94. The molecular weight excluding hydrogens is 310 g/mol. The van der Waals surface area contributed by atoms with Crippen LogP contribution >= 0.6 is 11.6 Å². The van der Waals surface area contributed by atoms with Gasteiger partial charge in [-0.15, -0.1) is 0 Å². The lowest BCUT2D eigenvalue weighted by atomic mass is 10.1. The van der Waals surface area contributed by atoms with Gasteiger partial charge in [-0.3, -0.25) is 4.79 Å². The van der Waals surface area contributed by atoms with Crippen LogP contribution in [0.5, 0.6) is 0 Å². The number of H-pyrrole nitrogens is 1. The van der Waals surface area contributed by atoms with Crippen molar-refractivity contribution in [2.45, 2.75) is 24.8 Å². The zero-order valence-corrected chi connectivity index (χ0v) is 13.2. The molecule has 1 fully saturated rings. The van der Waals surface area contributed by atoms with Crippen molar-refractivity contribution < 1.29 is 4.79 Å². The molecule has 1 aliphatic rings.